The minimum atomic E-state index is -3.85. The van der Waals surface area contributed by atoms with Crippen molar-refractivity contribution in [3.05, 3.63) is 62.6 Å². The fraction of sp³-hybridized carbons (Fsp3) is 0.440. The lowest BCUT2D eigenvalue weighted by atomic mass is 10.1. The van der Waals surface area contributed by atoms with Crippen LogP contribution in [-0.4, -0.2) is 50.0 Å². The van der Waals surface area contributed by atoms with Crippen LogP contribution in [0, 0.1) is 6.92 Å². The Hall–Kier alpha value is -2.00. The molecule has 11 heteroatoms. The second kappa shape index (κ2) is 12.0. The molecule has 0 unspecified atom stereocenters. The van der Waals surface area contributed by atoms with Crippen molar-refractivity contribution in [2.24, 2.45) is 0 Å². The van der Waals surface area contributed by atoms with Gasteiger partial charge in [0.15, 0.2) is 0 Å². The first-order chi connectivity index (χ1) is 16.9. The molecule has 0 heterocycles. The summed E-state index contributed by atoms with van der Waals surface area (Å²) in [6.07, 6.45) is 4.91. The highest BCUT2D eigenvalue weighted by Gasteiger charge is 2.32. The summed E-state index contributed by atoms with van der Waals surface area (Å²) in [5.74, 6) is -0.856. The molecule has 0 saturated heterocycles. The predicted octanol–water partition coefficient (Wildman–Crippen LogP) is 5.20. The van der Waals surface area contributed by atoms with E-state index in [0.29, 0.717) is 31.9 Å². The summed E-state index contributed by atoms with van der Waals surface area (Å²) in [4.78, 5) is 28.1. The number of rotatable bonds is 9. The summed E-state index contributed by atoms with van der Waals surface area (Å²) in [6, 6.07) is 8.94. The third kappa shape index (κ3) is 7.06. The third-order valence-electron chi connectivity index (χ3n) is 6.41. The second-order valence-corrected chi connectivity index (χ2v) is 12.2. The van der Waals surface area contributed by atoms with E-state index >= 15 is 0 Å². The maximum absolute atomic E-state index is 13.7. The molecule has 1 aliphatic rings. The highest BCUT2D eigenvalue weighted by molar-refractivity contribution is 7.92. The quantitative estimate of drug-likeness (QED) is 0.446. The second-order valence-electron chi connectivity index (χ2n) is 9.08. The number of anilines is 1. The van der Waals surface area contributed by atoms with Crippen molar-refractivity contribution in [1.29, 1.82) is 0 Å². The number of carbonyl (C=O) groups excluding carboxylic acids is 2. The van der Waals surface area contributed by atoms with Gasteiger partial charge in [0.25, 0.3) is 0 Å². The molecule has 7 nitrogen and oxygen atoms in total. The van der Waals surface area contributed by atoms with E-state index in [9.17, 15) is 18.0 Å². The fourth-order valence-corrected chi connectivity index (χ4v) is 5.81. The molecular weight excluding hydrogens is 545 g/mol. The van der Waals surface area contributed by atoms with Gasteiger partial charge < -0.3 is 10.2 Å². The molecule has 1 atom stereocenters. The molecule has 1 aliphatic carbocycles. The maximum atomic E-state index is 13.7. The van der Waals surface area contributed by atoms with Crippen LogP contribution in [0.15, 0.2) is 36.4 Å². The zero-order valence-electron chi connectivity index (χ0n) is 20.4. The first-order valence-corrected chi connectivity index (χ1v) is 14.6. The fourth-order valence-electron chi connectivity index (χ4n) is 4.27. The third-order valence-corrected chi connectivity index (χ3v) is 8.53. The topological polar surface area (TPSA) is 86.8 Å². The van der Waals surface area contributed by atoms with Crippen molar-refractivity contribution >= 4 is 62.3 Å². The van der Waals surface area contributed by atoms with E-state index in [1.807, 2.05) is 0 Å². The number of amides is 2. The van der Waals surface area contributed by atoms with Gasteiger partial charge in [0.2, 0.25) is 21.8 Å². The number of carbonyl (C=O) groups is 2. The van der Waals surface area contributed by atoms with E-state index in [-0.39, 0.29) is 18.5 Å². The maximum Gasteiger partial charge on any atom is 0.244 e. The molecule has 2 aromatic rings. The molecule has 0 bridgehead atoms. The number of nitrogens with one attached hydrogen (secondary N) is 1. The van der Waals surface area contributed by atoms with Crippen LogP contribution < -0.4 is 9.62 Å². The Morgan fingerprint density at radius 1 is 1.08 bits per heavy atom. The van der Waals surface area contributed by atoms with Crippen LogP contribution in [-0.2, 0) is 26.2 Å². The smallest absolute Gasteiger partial charge is 0.244 e. The Morgan fingerprint density at radius 3 is 2.36 bits per heavy atom. The Balaban J connectivity index is 1.94. The largest absolute Gasteiger partial charge is 0.352 e. The van der Waals surface area contributed by atoms with E-state index in [1.165, 1.54) is 4.90 Å². The highest BCUT2D eigenvalue weighted by Crippen LogP contribution is 2.29. The molecule has 196 valence electrons. The summed E-state index contributed by atoms with van der Waals surface area (Å²) >= 11 is 18.6. The van der Waals surface area contributed by atoms with Gasteiger partial charge in [-0.3, -0.25) is 13.9 Å². The summed E-state index contributed by atoms with van der Waals surface area (Å²) in [5, 5.41) is 4.18. The van der Waals surface area contributed by atoms with Crippen LogP contribution in [0.2, 0.25) is 15.1 Å². The first-order valence-electron chi connectivity index (χ1n) is 11.6. The van der Waals surface area contributed by atoms with Gasteiger partial charge in [-0.05, 0) is 62.1 Å². The van der Waals surface area contributed by atoms with E-state index in [0.717, 1.165) is 36.2 Å². The zero-order valence-corrected chi connectivity index (χ0v) is 23.5. The number of hydrogen-bond acceptors (Lipinski definition) is 4. The van der Waals surface area contributed by atoms with Gasteiger partial charge in [0.1, 0.15) is 12.6 Å². The Morgan fingerprint density at radius 2 is 1.75 bits per heavy atom. The van der Waals surface area contributed by atoms with E-state index in [1.54, 1.807) is 50.2 Å². The summed E-state index contributed by atoms with van der Waals surface area (Å²) in [5.41, 5.74) is 1.40. The predicted molar refractivity (Wildman–Crippen MR) is 145 cm³/mol. The van der Waals surface area contributed by atoms with Crippen LogP contribution in [0.5, 0.6) is 0 Å². The summed E-state index contributed by atoms with van der Waals surface area (Å²) < 4.78 is 26.5. The van der Waals surface area contributed by atoms with Gasteiger partial charge in [-0.1, -0.05) is 59.8 Å². The van der Waals surface area contributed by atoms with E-state index in [2.05, 4.69) is 5.32 Å². The van der Waals surface area contributed by atoms with Crippen molar-refractivity contribution in [2.45, 2.75) is 58.2 Å². The number of sulfonamides is 1. The standard InChI is InChI=1S/C25H30Cl3N3O4S/c1-16-21(27)9-6-10-23(16)31(36(3,34)35)15-24(32)30(14-18-11-12-19(26)13-22(18)28)17(2)25(33)29-20-7-4-5-8-20/h6,9-13,17,20H,4-5,7-8,14-15H2,1-3H3,(H,29,33)/t17-/m0/s1. The van der Waals surface area contributed by atoms with Gasteiger partial charge in [-0.25, -0.2) is 8.42 Å². The monoisotopic (exact) mass is 573 g/mol. The average Bonchev–Trinajstić information content (AvgIpc) is 3.31. The minimum Gasteiger partial charge on any atom is -0.352 e. The van der Waals surface area contributed by atoms with Crippen molar-refractivity contribution in [3.8, 4) is 0 Å². The SMILES string of the molecule is Cc1c(Cl)cccc1N(CC(=O)N(Cc1ccc(Cl)cc1Cl)[C@@H](C)C(=O)NC1CCCC1)S(C)(=O)=O. The normalized spacial score (nSPS) is 14.9. The molecule has 36 heavy (non-hydrogen) atoms. The van der Waals surface area contributed by atoms with Crippen LogP contribution in [0.25, 0.3) is 0 Å². The van der Waals surface area contributed by atoms with Gasteiger partial charge >= 0.3 is 0 Å². The van der Waals surface area contributed by atoms with Gasteiger partial charge in [0, 0.05) is 27.7 Å². The van der Waals surface area contributed by atoms with Gasteiger partial charge in [0.05, 0.1) is 11.9 Å². The minimum absolute atomic E-state index is 0.000217. The molecule has 0 spiro atoms. The highest BCUT2D eigenvalue weighted by atomic mass is 35.5. The molecule has 1 N–H and O–H groups in total. The molecule has 2 amide bonds. The lowest BCUT2D eigenvalue weighted by Gasteiger charge is -2.32. The van der Waals surface area contributed by atoms with Crippen molar-refractivity contribution in [3.63, 3.8) is 0 Å². The molecule has 0 radical (unpaired) electrons. The molecular formula is C25H30Cl3N3O4S. The molecule has 3 rings (SSSR count). The molecule has 2 aromatic carbocycles. The Kier molecular flexibility index (Phi) is 9.55. The molecule has 0 aliphatic heterocycles. The van der Waals surface area contributed by atoms with Crippen molar-refractivity contribution in [1.82, 2.24) is 10.2 Å². The van der Waals surface area contributed by atoms with E-state index < -0.39 is 28.5 Å². The zero-order chi connectivity index (χ0) is 26.6. The number of halogens is 3. The average molecular weight is 575 g/mol. The van der Waals surface area contributed by atoms with Gasteiger partial charge in [-0.2, -0.15) is 0 Å². The molecule has 1 fully saturated rings. The molecule has 0 aromatic heterocycles. The lowest BCUT2D eigenvalue weighted by Crippen LogP contribution is -2.52. The number of hydrogen-bond donors (Lipinski definition) is 1. The Labute approximate surface area is 227 Å². The van der Waals surface area contributed by atoms with E-state index in [4.69, 9.17) is 34.8 Å². The summed E-state index contributed by atoms with van der Waals surface area (Å²) in [7, 11) is -3.85. The molecule has 1 saturated carbocycles. The lowest BCUT2D eigenvalue weighted by molar-refractivity contribution is -0.139. The number of benzene rings is 2. The Bertz CT molecular complexity index is 1230. The van der Waals surface area contributed by atoms with Crippen LogP contribution in [0.1, 0.15) is 43.7 Å². The summed E-state index contributed by atoms with van der Waals surface area (Å²) in [6.45, 7) is 2.80. The van der Waals surface area contributed by atoms with Crippen LogP contribution >= 0.6 is 34.8 Å². The van der Waals surface area contributed by atoms with Crippen molar-refractivity contribution < 1.29 is 18.0 Å². The number of nitrogens with zero attached hydrogens (tertiary/aromatic N) is 2. The van der Waals surface area contributed by atoms with Gasteiger partial charge in [-0.15, -0.1) is 0 Å². The van der Waals surface area contributed by atoms with Crippen LogP contribution in [0.4, 0.5) is 5.69 Å². The first kappa shape index (κ1) is 28.6. The van der Waals surface area contributed by atoms with Crippen molar-refractivity contribution in [2.75, 3.05) is 17.1 Å². The van der Waals surface area contributed by atoms with Crippen LogP contribution in [0.3, 0.4) is 0 Å².